The van der Waals surface area contributed by atoms with E-state index < -0.39 is 17.7 Å². The van der Waals surface area contributed by atoms with E-state index >= 15 is 0 Å². The zero-order chi connectivity index (χ0) is 14.2. The predicted octanol–water partition coefficient (Wildman–Crippen LogP) is 4.88. The Morgan fingerprint density at radius 2 is 1.79 bits per heavy atom. The number of halogens is 4. The van der Waals surface area contributed by atoms with Crippen LogP contribution in [0.2, 0.25) is 0 Å². The van der Waals surface area contributed by atoms with Crippen molar-refractivity contribution in [3.63, 3.8) is 0 Å². The highest BCUT2D eigenvalue weighted by Crippen LogP contribution is 2.33. The van der Waals surface area contributed by atoms with E-state index in [0.29, 0.717) is 5.56 Å². The second-order valence-electron chi connectivity index (χ2n) is 4.16. The minimum Gasteiger partial charge on any atom is -0.383 e. The molecule has 0 amide bonds. The molecule has 0 aliphatic rings. The van der Waals surface area contributed by atoms with Crippen LogP contribution >= 0.6 is 31.9 Å². The van der Waals surface area contributed by atoms with Gasteiger partial charge in [0.05, 0.1) is 10.0 Å². The average molecular weight is 392 g/mol. The van der Waals surface area contributed by atoms with Gasteiger partial charge in [0.15, 0.2) is 0 Å². The van der Waals surface area contributed by atoms with E-state index in [4.69, 9.17) is 0 Å². The van der Waals surface area contributed by atoms with Gasteiger partial charge in [0.2, 0.25) is 0 Å². The van der Waals surface area contributed by atoms with Crippen molar-refractivity contribution in [2.24, 2.45) is 0 Å². The maximum atomic E-state index is 14.0. The molecule has 19 heavy (non-hydrogen) atoms. The molecule has 5 heteroatoms. The molecule has 0 heterocycles. The maximum absolute atomic E-state index is 14.0. The molecule has 1 N–H and O–H groups in total. The molecule has 0 spiro atoms. The van der Waals surface area contributed by atoms with Crippen LogP contribution in [0.5, 0.6) is 0 Å². The zero-order valence-corrected chi connectivity index (χ0v) is 13.1. The Morgan fingerprint density at radius 3 is 2.47 bits per heavy atom. The molecule has 1 unspecified atom stereocenters. The van der Waals surface area contributed by atoms with E-state index in [0.717, 1.165) is 16.1 Å². The van der Waals surface area contributed by atoms with Crippen LogP contribution in [0.3, 0.4) is 0 Å². The van der Waals surface area contributed by atoms with Crippen molar-refractivity contribution in [2.45, 2.75) is 13.0 Å². The molecule has 0 saturated carbocycles. The van der Waals surface area contributed by atoms with Crippen LogP contribution < -0.4 is 0 Å². The molecular weight excluding hydrogens is 382 g/mol. The van der Waals surface area contributed by atoms with Gasteiger partial charge in [0.1, 0.15) is 17.7 Å². The summed E-state index contributed by atoms with van der Waals surface area (Å²) in [7, 11) is 0. The standard InChI is InChI=1S/C14H10Br2F2O/c1-7-2-3-8(15)6-9(7)14(19)12-11(17)5-4-10(16)13(12)18/h2-6,14,19H,1H3. The summed E-state index contributed by atoms with van der Waals surface area (Å²) in [5, 5.41) is 10.3. The smallest absolute Gasteiger partial charge is 0.146 e. The fourth-order valence-electron chi connectivity index (χ4n) is 1.85. The Kier molecular flexibility index (Phi) is 4.38. The fourth-order valence-corrected chi connectivity index (χ4v) is 2.58. The van der Waals surface area contributed by atoms with Gasteiger partial charge in [-0.3, -0.25) is 0 Å². The number of aliphatic hydroxyl groups excluding tert-OH is 1. The van der Waals surface area contributed by atoms with Gasteiger partial charge in [-0.25, -0.2) is 8.78 Å². The number of benzene rings is 2. The van der Waals surface area contributed by atoms with Crippen molar-refractivity contribution in [1.82, 2.24) is 0 Å². The summed E-state index contributed by atoms with van der Waals surface area (Å²) in [6, 6.07) is 7.63. The van der Waals surface area contributed by atoms with Gasteiger partial charge in [-0.2, -0.15) is 0 Å². The van der Waals surface area contributed by atoms with Gasteiger partial charge < -0.3 is 5.11 Å². The molecule has 1 nitrogen and oxygen atoms in total. The largest absolute Gasteiger partial charge is 0.383 e. The molecule has 0 aliphatic carbocycles. The van der Waals surface area contributed by atoms with E-state index in [1.54, 1.807) is 25.1 Å². The first kappa shape index (κ1) is 14.6. The van der Waals surface area contributed by atoms with Crippen molar-refractivity contribution in [3.05, 3.63) is 67.6 Å². The van der Waals surface area contributed by atoms with Gasteiger partial charge in [-0.05, 0) is 58.2 Å². The molecule has 2 rings (SSSR count). The number of aryl methyl sites for hydroxylation is 1. The Balaban J connectivity index is 2.59. The number of hydrogen-bond donors (Lipinski definition) is 1. The van der Waals surface area contributed by atoms with Crippen LogP contribution in [0, 0.1) is 18.6 Å². The molecule has 0 aliphatic heterocycles. The lowest BCUT2D eigenvalue weighted by Gasteiger charge is -2.16. The second kappa shape index (κ2) is 5.69. The molecule has 1 atom stereocenters. The summed E-state index contributed by atoms with van der Waals surface area (Å²) in [4.78, 5) is 0. The number of rotatable bonds is 2. The Labute approximate surface area is 126 Å². The third-order valence-corrected chi connectivity index (χ3v) is 3.99. The van der Waals surface area contributed by atoms with Crippen LogP contribution in [-0.4, -0.2) is 5.11 Å². The van der Waals surface area contributed by atoms with Crippen molar-refractivity contribution in [2.75, 3.05) is 0 Å². The fraction of sp³-hybridized carbons (Fsp3) is 0.143. The van der Waals surface area contributed by atoms with E-state index in [-0.39, 0.29) is 10.0 Å². The molecule has 100 valence electrons. The first-order valence-electron chi connectivity index (χ1n) is 5.49. The van der Waals surface area contributed by atoms with Crippen molar-refractivity contribution >= 4 is 31.9 Å². The predicted molar refractivity (Wildman–Crippen MR) is 77.0 cm³/mol. The summed E-state index contributed by atoms with van der Waals surface area (Å²) >= 11 is 6.27. The van der Waals surface area contributed by atoms with Crippen LogP contribution in [-0.2, 0) is 0 Å². The lowest BCUT2D eigenvalue weighted by Crippen LogP contribution is -2.08. The van der Waals surface area contributed by atoms with Crippen LogP contribution in [0.15, 0.2) is 39.3 Å². The molecule has 0 bridgehead atoms. The minimum atomic E-state index is -1.35. The molecular formula is C14H10Br2F2O. The molecule has 0 aromatic heterocycles. The number of hydrogen-bond acceptors (Lipinski definition) is 1. The summed E-state index contributed by atoms with van der Waals surface area (Å²) in [6.45, 7) is 1.78. The monoisotopic (exact) mass is 390 g/mol. The van der Waals surface area contributed by atoms with E-state index in [1.807, 2.05) is 0 Å². The Morgan fingerprint density at radius 1 is 1.11 bits per heavy atom. The quantitative estimate of drug-likeness (QED) is 0.723. The zero-order valence-electron chi connectivity index (χ0n) is 9.92. The topological polar surface area (TPSA) is 20.2 Å². The summed E-state index contributed by atoms with van der Waals surface area (Å²) < 4.78 is 28.6. The maximum Gasteiger partial charge on any atom is 0.146 e. The average Bonchev–Trinajstić information content (AvgIpc) is 2.37. The highest BCUT2D eigenvalue weighted by Gasteiger charge is 2.23. The number of aliphatic hydroxyl groups is 1. The summed E-state index contributed by atoms with van der Waals surface area (Å²) in [5.74, 6) is -1.56. The molecule has 0 saturated heterocycles. The van der Waals surface area contributed by atoms with E-state index in [2.05, 4.69) is 31.9 Å². The molecule has 0 radical (unpaired) electrons. The van der Waals surface area contributed by atoms with Crippen LogP contribution in [0.25, 0.3) is 0 Å². The molecule has 2 aromatic rings. The van der Waals surface area contributed by atoms with Crippen molar-refractivity contribution in [3.8, 4) is 0 Å². The molecule has 0 fully saturated rings. The lowest BCUT2D eigenvalue weighted by molar-refractivity contribution is 0.208. The van der Waals surface area contributed by atoms with Gasteiger partial charge in [0, 0.05) is 4.47 Å². The normalized spacial score (nSPS) is 12.5. The van der Waals surface area contributed by atoms with Gasteiger partial charge >= 0.3 is 0 Å². The third-order valence-electron chi connectivity index (χ3n) is 2.89. The van der Waals surface area contributed by atoms with E-state index in [1.165, 1.54) is 6.07 Å². The van der Waals surface area contributed by atoms with Gasteiger partial charge in [-0.1, -0.05) is 22.0 Å². The van der Waals surface area contributed by atoms with Crippen molar-refractivity contribution < 1.29 is 13.9 Å². The van der Waals surface area contributed by atoms with Gasteiger partial charge in [0.25, 0.3) is 0 Å². The van der Waals surface area contributed by atoms with Crippen LogP contribution in [0.1, 0.15) is 22.8 Å². The highest BCUT2D eigenvalue weighted by molar-refractivity contribution is 9.10. The third kappa shape index (κ3) is 2.88. The molecule has 2 aromatic carbocycles. The van der Waals surface area contributed by atoms with Crippen molar-refractivity contribution in [1.29, 1.82) is 0 Å². The Hall–Kier alpha value is -0.780. The summed E-state index contributed by atoms with van der Waals surface area (Å²) in [5.41, 5.74) is 0.871. The first-order chi connectivity index (χ1) is 8.91. The SMILES string of the molecule is Cc1ccc(Br)cc1C(O)c1c(F)ccc(Br)c1F. The lowest BCUT2D eigenvalue weighted by atomic mass is 9.97. The summed E-state index contributed by atoms with van der Waals surface area (Å²) in [6.07, 6.45) is -1.35. The van der Waals surface area contributed by atoms with Crippen LogP contribution in [0.4, 0.5) is 8.78 Å². The minimum absolute atomic E-state index is 0.121. The first-order valence-corrected chi connectivity index (χ1v) is 7.08. The Bertz CT molecular complexity index is 629. The van der Waals surface area contributed by atoms with E-state index in [9.17, 15) is 13.9 Å². The highest BCUT2D eigenvalue weighted by atomic mass is 79.9. The van der Waals surface area contributed by atoms with Gasteiger partial charge in [-0.15, -0.1) is 0 Å². The second-order valence-corrected chi connectivity index (χ2v) is 5.93.